The second-order valence-corrected chi connectivity index (χ2v) is 9.92. The first kappa shape index (κ1) is 22.1. The molecule has 33 heavy (non-hydrogen) atoms. The van der Waals surface area contributed by atoms with E-state index in [2.05, 4.69) is 4.57 Å². The number of fused-ring (bicyclic) bond motifs is 3. The van der Waals surface area contributed by atoms with Gasteiger partial charge in [-0.05, 0) is 51.1 Å². The van der Waals surface area contributed by atoms with E-state index >= 15 is 0 Å². The molecule has 9 heteroatoms. The van der Waals surface area contributed by atoms with Crippen LogP contribution in [0.5, 0.6) is 0 Å². The van der Waals surface area contributed by atoms with E-state index in [1.165, 1.54) is 11.6 Å². The van der Waals surface area contributed by atoms with Crippen molar-refractivity contribution >= 4 is 34.1 Å². The molecular formula is C24H23Cl2N3O4. The highest BCUT2D eigenvalue weighted by Gasteiger charge is 2.42. The maximum atomic E-state index is 13.6. The van der Waals surface area contributed by atoms with Gasteiger partial charge in [-0.25, -0.2) is 4.79 Å². The molecule has 3 aromatic heterocycles. The third-order valence-electron chi connectivity index (χ3n) is 6.27. The van der Waals surface area contributed by atoms with E-state index in [1.54, 1.807) is 25.2 Å². The lowest BCUT2D eigenvalue weighted by Crippen LogP contribution is -2.40. The van der Waals surface area contributed by atoms with Crippen LogP contribution in [0.3, 0.4) is 0 Å². The summed E-state index contributed by atoms with van der Waals surface area (Å²) in [5.41, 5.74) is 1.07. The van der Waals surface area contributed by atoms with Crippen LogP contribution in [0.15, 0.2) is 44.3 Å². The Labute approximate surface area is 199 Å². The second-order valence-electron chi connectivity index (χ2n) is 9.07. The van der Waals surface area contributed by atoms with E-state index in [1.807, 2.05) is 32.9 Å². The zero-order valence-corrected chi connectivity index (χ0v) is 20.4. The largest absolute Gasteiger partial charge is 0.463 e. The van der Waals surface area contributed by atoms with Gasteiger partial charge in [0, 0.05) is 24.7 Å². The van der Waals surface area contributed by atoms with Crippen molar-refractivity contribution in [1.29, 1.82) is 0 Å². The minimum absolute atomic E-state index is 0.359. The lowest BCUT2D eigenvalue weighted by atomic mass is 10.0. The number of hydrogen-bond donors (Lipinski definition) is 0. The summed E-state index contributed by atoms with van der Waals surface area (Å²) in [6.45, 7) is 6.26. The maximum absolute atomic E-state index is 13.6. The number of aromatic nitrogens is 3. The Morgan fingerprint density at radius 3 is 2.42 bits per heavy atom. The monoisotopic (exact) mass is 487 g/mol. The quantitative estimate of drug-likeness (QED) is 0.408. The van der Waals surface area contributed by atoms with Crippen molar-refractivity contribution in [3.63, 3.8) is 0 Å². The zero-order chi connectivity index (χ0) is 23.8. The minimum Gasteiger partial charge on any atom is -0.463 e. The van der Waals surface area contributed by atoms with Crippen LogP contribution in [0.4, 0.5) is 0 Å². The first-order valence-electron chi connectivity index (χ1n) is 10.5. The summed E-state index contributed by atoms with van der Waals surface area (Å²) < 4.78 is 16.9. The molecule has 1 atom stereocenters. The number of rotatable bonds is 2. The van der Waals surface area contributed by atoms with Crippen molar-refractivity contribution in [3.8, 4) is 11.3 Å². The first-order chi connectivity index (χ1) is 15.5. The Hall–Kier alpha value is -2.74. The van der Waals surface area contributed by atoms with Crippen LogP contribution < -0.4 is 11.2 Å². The Kier molecular flexibility index (Phi) is 4.94. The van der Waals surface area contributed by atoms with Gasteiger partial charge in [-0.2, -0.15) is 0 Å². The van der Waals surface area contributed by atoms with E-state index in [4.69, 9.17) is 32.4 Å². The fourth-order valence-corrected chi connectivity index (χ4v) is 5.24. The molecule has 1 aliphatic heterocycles. The van der Waals surface area contributed by atoms with Crippen molar-refractivity contribution in [2.45, 2.75) is 32.4 Å². The lowest BCUT2D eigenvalue weighted by Gasteiger charge is -2.38. The maximum Gasteiger partial charge on any atom is 0.331 e. The Morgan fingerprint density at radius 1 is 1.06 bits per heavy atom. The standard InChI is InChI=1S/C24H23Cl2N3O4/c1-12-6-9-16(33-12)21-20-19-17(22(30)28(5)23(31)27(19)4)18(29(20)24(2,3)11-32-21)14-8-7-13(25)10-15(14)26/h6-10,21H,11H2,1-5H3/t21-/m1/s1. The van der Waals surface area contributed by atoms with E-state index in [9.17, 15) is 9.59 Å². The molecule has 5 rings (SSSR count). The van der Waals surface area contributed by atoms with Crippen molar-refractivity contribution in [3.05, 3.63) is 78.4 Å². The van der Waals surface area contributed by atoms with Crippen LogP contribution in [0.1, 0.15) is 37.2 Å². The molecule has 1 aliphatic rings. The van der Waals surface area contributed by atoms with Gasteiger partial charge in [-0.15, -0.1) is 0 Å². The van der Waals surface area contributed by atoms with Crippen molar-refractivity contribution < 1.29 is 9.15 Å². The van der Waals surface area contributed by atoms with Crippen LogP contribution in [-0.4, -0.2) is 20.3 Å². The van der Waals surface area contributed by atoms with E-state index in [0.717, 1.165) is 10.3 Å². The summed E-state index contributed by atoms with van der Waals surface area (Å²) in [6.07, 6.45) is -0.605. The van der Waals surface area contributed by atoms with Crippen molar-refractivity contribution in [2.75, 3.05) is 6.61 Å². The van der Waals surface area contributed by atoms with Gasteiger partial charge in [0.15, 0.2) is 6.10 Å². The predicted octanol–water partition coefficient (Wildman–Crippen LogP) is 4.77. The molecule has 172 valence electrons. The number of benzene rings is 1. The third kappa shape index (κ3) is 3.14. The summed E-state index contributed by atoms with van der Waals surface area (Å²) in [5.74, 6) is 1.34. The van der Waals surface area contributed by atoms with Gasteiger partial charge in [-0.1, -0.05) is 23.2 Å². The number of furan rings is 1. The molecule has 0 N–H and O–H groups in total. The summed E-state index contributed by atoms with van der Waals surface area (Å²) in [6, 6.07) is 8.91. The summed E-state index contributed by atoms with van der Waals surface area (Å²) in [7, 11) is 3.13. The molecule has 0 fully saturated rings. The minimum atomic E-state index is -0.605. The Morgan fingerprint density at radius 2 is 1.79 bits per heavy atom. The molecule has 0 aliphatic carbocycles. The topological polar surface area (TPSA) is 71.3 Å². The van der Waals surface area contributed by atoms with Crippen LogP contribution in [0.2, 0.25) is 10.0 Å². The van der Waals surface area contributed by atoms with Gasteiger partial charge in [0.2, 0.25) is 0 Å². The zero-order valence-electron chi connectivity index (χ0n) is 18.9. The highest BCUT2D eigenvalue weighted by Crippen LogP contribution is 2.47. The summed E-state index contributed by atoms with van der Waals surface area (Å²) >= 11 is 12.8. The summed E-state index contributed by atoms with van der Waals surface area (Å²) in [4.78, 5) is 26.5. The van der Waals surface area contributed by atoms with Crippen LogP contribution in [0.25, 0.3) is 22.2 Å². The number of ether oxygens (including phenoxy) is 1. The average molecular weight is 488 g/mol. The molecule has 0 unspecified atom stereocenters. The normalized spacial score (nSPS) is 17.5. The molecule has 0 spiro atoms. The lowest BCUT2D eigenvalue weighted by molar-refractivity contribution is -0.0166. The van der Waals surface area contributed by atoms with E-state index < -0.39 is 22.9 Å². The smallest absolute Gasteiger partial charge is 0.331 e. The van der Waals surface area contributed by atoms with Crippen LogP contribution >= 0.6 is 23.2 Å². The average Bonchev–Trinajstić information content (AvgIpc) is 3.33. The first-order valence-corrected chi connectivity index (χ1v) is 11.3. The number of hydrogen-bond acceptors (Lipinski definition) is 4. The van der Waals surface area contributed by atoms with Gasteiger partial charge in [-0.3, -0.25) is 13.9 Å². The van der Waals surface area contributed by atoms with Gasteiger partial charge in [0.05, 0.1) is 39.5 Å². The molecule has 4 aromatic rings. The predicted molar refractivity (Wildman–Crippen MR) is 128 cm³/mol. The number of halogens is 2. The molecule has 0 bridgehead atoms. The molecule has 1 aromatic carbocycles. The summed E-state index contributed by atoms with van der Waals surface area (Å²) in [5, 5.41) is 1.30. The molecule has 0 saturated carbocycles. The van der Waals surface area contributed by atoms with Crippen LogP contribution in [-0.2, 0) is 24.4 Å². The van der Waals surface area contributed by atoms with Gasteiger partial charge < -0.3 is 13.7 Å². The van der Waals surface area contributed by atoms with Gasteiger partial charge in [0.25, 0.3) is 5.56 Å². The fraction of sp³-hybridized carbons (Fsp3) is 0.333. The Balaban J connectivity index is 2.04. The van der Waals surface area contributed by atoms with Crippen molar-refractivity contribution in [2.24, 2.45) is 14.1 Å². The van der Waals surface area contributed by atoms with Crippen molar-refractivity contribution in [1.82, 2.24) is 13.7 Å². The number of nitrogens with zero attached hydrogens (tertiary/aromatic N) is 3. The number of aryl methyl sites for hydroxylation is 2. The van der Waals surface area contributed by atoms with Gasteiger partial charge in [0.1, 0.15) is 11.5 Å². The highest BCUT2D eigenvalue weighted by atomic mass is 35.5. The highest BCUT2D eigenvalue weighted by molar-refractivity contribution is 6.36. The molecule has 4 heterocycles. The third-order valence-corrected chi connectivity index (χ3v) is 6.82. The van der Waals surface area contributed by atoms with Gasteiger partial charge >= 0.3 is 5.69 Å². The molecule has 0 amide bonds. The van der Waals surface area contributed by atoms with E-state index in [0.29, 0.717) is 50.3 Å². The Bertz CT molecular complexity index is 1550. The second kappa shape index (κ2) is 7.38. The van der Waals surface area contributed by atoms with E-state index in [-0.39, 0.29) is 0 Å². The molecular weight excluding hydrogens is 465 g/mol. The molecule has 0 saturated heterocycles. The SMILES string of the molecule is Cc1ccc([C@H]2OCC(C)(C)n3c(-c4ccc(Cl)cc4Cl)c4c(=O)n(C)c(=O)n(C)c4c32)o1. The fourth-order valence-electron chi connectivity index (χ4n) is 4.74. The molecule has 0 radical (unpaired) electrons. The molecule has 7 nitrogen and oxygen atoms in total. The van der Waals surface area contributed by atoms with Crippen LogP contribution in [0, 0.1) is 6.92 Å².